The molecule has 0 N–H and O–H groups in total. The van der Waals surface area contributed by atoms with Crippen LogP contribution in [0.4, 0.5) is 0 Å². The van der Waals surface area contributed by atoms with Crippen LogP contribution in [0.2, 0.25) is 0 Å². The van der Waals surface area contributed by atoms with Gasteiger partial charge in [0.2, 0.25) is 0 Å². The number of rotatable bonds is 8. The van der Waals surface area contributed by atoms with Gasteiger partial charge in [-0.2, -0.15) is 0 Å². The summed E-state index contributed by atoms with van der Waals surface area (Å²) in [4.78, 5) is 0. The highest BCUT2D eigenvalue weighted by Gasteiger charge is 2.20. The average molecular weight is 321 g/mol. The van der Waals surface area contributed by atoms with Crippen LogP contribution in [0.1, 0.15) is 11.1 Å². The molecule has 0 aliphatic rings. The fourth-order valence-electron chi connectivity index (χ4n) is 1.82. The Morgan fingerprint density at radius 3 is 1.68 bits per heavy atom. The Hall–Kier alpha value is -1.94. The molecule has 0 radical (unpaired) electrons. The zero-order chi connectivity index (χ0) is 15.8. The maximum atomic E-state index is 11.7. The fraction of sp³-hybridized carbons (Fsp3) is 0.250. The van der Waals surface area contributed by atoms with Crippen LogP contribution in [-0.4, -0.2) is 14.2 Å². The van der Waals surface area contributed by atoms with Gasteiger partial charge >= 0.3 is 8.25 Å². The summed E-state index contributed by atoms with van der Waals surface area (Å²) >= 11 is 0. The topological polar surface area (TPSA) is 54.0 Å². The number of ether oxygens (including phenoxy) is 2. The van der Waals surface area contributed by atoms with Gasteiger partial charge in [0.25, 0.3) is 0 Å². The van der Waals surface area contributed by atoms with Crippen molar-refractivity contribution in [3.63, 3.8) is 0 Å². The Kier molecular flexibility index (Phi) is 6.34. The van der Waals surface area contributed by atoms with Crippen molar-refractivity contribution < 1.29 is 23.1 Å². The molecule has 6 heteroatoms. The van der Waals surface area contributed by atoms with Gasteiger partial charge in [-0.05, 0) is 35.4 Å². The van der Waals surface area contributed by atoms with Crippen molar-refractivity contribution in [1.82, 2.24) is 0 Å². The van der Waals surface area contributed by atoms with Crippen LogP contribution in [0, 0.1) is 0 Å². The molecule has 22 heavy (non-hydrogen) atoms. The molecule has 0 spiro atoms. The first-order valence-corrected chi connectivity index (χ1v) is 7.80. The summed E-state index contributed by atoms with van der Waals surface area (Å²) in [7, 11) is 1.00. The molecule has 0 aliphatic heterocycles. The van der Waals surface area contributed by atoms with Crippen LogP contribution in [-0.2, 0) is 26.8 Å². The van der Waals surface area contributed by atoms with Gasteiger partial charge in [-0.3, -0.25) is 0 Å². The summed E-state index contributed by atoms with van der Waals surface area (Å²) < 4.78 is 32.4. The van der Waals surface area contributed by atoms with Crippen molar-refractivity contribution in [3.8, 4) is 11.5 Å². The highest BCUT2D eigenvalue weighted by Crippen LogP contribution is 2.28. The van der Waals surface area contributed by atoms with Gasteiger partial charge in [0.1, 0.15) is 24.7 Å². The first-order valence-electron chi connectivity index (χ1n) is 6.70. The molecule has 2 aromatic carbocycles. The third-order valence-electron chi connectivity index (χ3n) is 2.94. The normalized spacial score (nSPS) is 10.3. The summed E-state index contributed by atoms with van der Waals surface area (Å²) in [5, 5.41) is 0. The van der Waals surface area contributed by atoms with E-state index in [0.29, 0.717) is 0 Å². The van der Waals surface area contributed by atoms with Crippen molar-refractivity contribution in [2.75, 3.05) is 14.2 Å². The molecule has 0 saturated carbocycles. The Morgan fingerprint density at radius 1 is 0.818 bits per heavy atom. The number of benzene rings is 2. The minimum atomic E-state index is -2.19. The van der Waals surface area contributed by atoms with Crippen molar-refractivity contribution in [2.45, 2.75) is 13.2 Å². The fourth-order valence-corrected chi connectivity index (χ4v) is 2.40. The summed E-state index contributed by atoms with van der Waals surface area (Å²) in [6, 6.07) is 14.8. The molecule has 0 saturated heterocycles. The monoisotopic (exact) mass is 321 g/mol. The molecule has 0 amide bonds. The van der Waals surface area contributed by atoms with Crippen LogP contribution in [0.25, 0.3) is 0 Å². The van der Waals surface area contributed by atoms with Gasteiger partial charge in [-0.1, -0.05) is 24.3 Å². The van der Waals surface area contributed by atoms with Crippen molar-refractivity contribution in [2.24, 2.45) is 0 Å². The van der Waals surface area contributed by atoms with Crippen LogP contribution < -0.4 is 9.47 Å². The lowest BCUT2D eigenvalue weighted by atomic mass is 10.2. The summed E-state index contributed by atoms with van der Waals surface area (Å²) in [5.74, 6) is 1.46. The van der Waals surface area contributed by atoms with Gasteiger partial charge in [0.05, 0.1) is 14.2 Å². The molecule has 0 atom stereocenters. The standard InChI is InChI=1S/C16H18O5P/c1-18-15-7-3-5-13(9-15)11-20-22(17)21-12-14-6-4-8-16(10-14)19-2/h3-10H,11-12H2,1-2H3/q+1. The van der Waals surface area contributed by atoms with Crippen LogP contribution >= 0.6 is 8.25 Å². The van der Waals surface area contributed by atoms with Gasteiger partial charge in [-0.15, -0.1) is 9.05 Å². The van der Waals surface area contributed by atoms with E-state index >= 15 is 0 Å². The third-order valence-corrected chi connectivity index (χ3v) is 3.62. The molecule has 0 aromatic heterocycles. The second-order valence-electron chi connectivity index (χ2n) is 4.47. The van der Waals surface area contributed by atoms with Gasteiger partial charge in [-0.25, -0.2) is 0 Å². The van der Waals surface area contributed by atoms with Gasteiger partial charge in [0, 0.05) is 4.57 Å². The molecule has 5 nitrogen and oxygen atoms in total. The Labute approximate surface area is 130 Å². The Balaban J connectivity index is 1.80. The van der Waals surface area contributed by atoms with E-state index in [4.69, 9.17) is 18.5 Å². The van der Waals surface area contributed by atoms with E-state index in [0.717, 1.165) is 22.6 Å². The molecule has 0 unspecified atom stereocenters. The van der Waals surface area contributed by atoms with E-state index in [1.165, 1.54) is 0 Å². The zero-order valence-electron chi connectivity index (χ0n) is 12.5. The molecule has 116 valence electrons. The minimum Gasteiger partial charge on any atom is -0.497 e. The third kappa shape index (κ3) is 5.11. The molecular formula is C16H18O5P+. The quantitative estimate of drug-likeness (QED) is 0.685. The molecule has 0 fully saturated rings. The molecule has 0 aliphatic carbocycles. The Bertz CT molecular complexity index is 576. The Morgan fingerprint density at radius 2 is 1.27 bits per heavy atom. The van der Waals surface area contributed by atoms with E-state index < -0.39 is 8.25 Å². The summed E-state index contributed by atoms with van der Waals surface area (Å²) in [5.41, 5.74) is 1.74. The molecule has 2 aromatic rings. The van der Waals surface area contributed by atoms with E-state index in [9.17, 15) is 4.57 Å². The zero-order valence-corrected chi connectivity index (χ0v) is 13.4. The van der Waals surface area contributed by atoms with Crippen molar-refractivity contribution >= 4 is 8.25 Å². The second kappa shape index (κ2) is 8.49. The maximum absolute atomic E-state index is 11.7. The minimum absolute atomic E-state index is 0.199. The average Bonchev–Trinajstić information content (AvgIpc) is 2.58. The van der Waals surface area contributed by atoms with Crippen LogP contribution in [0.15, 0.2) is 48.5 Å². The van der Waals surface area contributed by atoms with Crippen molar-refractivity contribution in [3.05, 3.63) is 59.7 Å². The summed E-state index contributed by atoms with van der Waals surface area (Å²) in [6.45, 7) is 0.398. The van der Waals surface area contributed by atoms with Gasteiger partial charge in [0.15, 0.2) is 0 Å². The van der Waals surface area contributed by atoms with E-state index in [1.807, 2.05) is 48.5 Å². The lowest BCUT2D eigenvalue weighted by molar-refractivity contribution is 0.212. The first-order chi connectivity index (χ1) is 10.7. The number of methoxy groups -OCH3 is 2. The predicted octanol–water partition coefficient (Wildman–Crippen LogP) is 4.09. The van der Waals surface area contributed by atoms with Gasteiger partial charge < -0.3 is 9.47 Å². The molecular weight excluding hydrogens is 303 g/mol. The van der Waals surface area contributed by atoms with E-state index in [2.05, 4.69) is 0 Å². The number of hydrogen-bond donors (Lipinski definition) is 0. The highest BCUT2D eigenvalue weighted by atomic mass is 31.1. The van der Waals surface area contributed by atoms with Crippen LogP contribution in [0.3, 0.4) is 0 Å². The van der Waals surface area contributed by atoms with Crippen molar-refractivity contribution in [1.29, 1.82) is 0 Å². The molecule has 0 heterocycles. The molecule has 0 bridgehead atoms. The molecule has 2 rings (SSSR count). The second-order valence-corrected chi connectivity index (χ2v) is 5.44. The van der Waals surface area contributed by atoms with E-state index in [-0.39, 0.29) is 13.2 Å². The predicted molar refractivity (Wildman–Crippen MR) is 83.2 cm³/mol. The van der Waals surface area contributed by atoms with E-state index in [1.54, 1.807) is 14.2 Å². The lowest BCUT2D eigenvalue weighted by Gasteiger charge is -2.01. The SMILES string of the molecule is COc1cccc(CO[P+](=O)OCc2cccc(OC)c2)c1. The largest absolute Gasteiger partial charge is 0.698 e. The first kappa shape index (κ1) is 16.4. The maximum Gasteiger partial charge on any atom is 0.698 e. The number of hydrogen-bond acceptors (Lipinski definition) is 5. The lowest BCUT2D eigenvalue weighted by Crippen LogP contribution is -1.92. The smallest absolute Gasteiger partial charge is 0.497 e. The van der Waals surface area contributed by atoms with Crippen LogP contribution in [0.5, 0.6) is 11.5 Å². The summed E-state index contributed by atoms with van der Waals surface area (Å²) in [6.07, 6.45) is 0. The highest BCUT2D eigenvalue weighted by molar-refractivity contribution is 7.33.